The number of amides is 1. The molecular weight excluding hydrogens is 417 g/mol. The quantitative estimate of drug-likeness (QED) is 0.397. The van der Waals surface area contributed by atoms with E-state index in [1.165, 1.54) is 18.2 Å². The monoisotopic (exact) mass is 443 g/mol. The van der Waals surface area contributed by atoms with E-state index in [4.69, 9.17) is 0 Å². The van der Waals surface area contributed by atoms with Crippen molar-refractivity contribution in [2.75, 3.05) is 5.32 Å². The summed E-state index contributed by atoms with van der Waals surface area (Å²) >= 11 is 0. The van der Waals surface area contributed by atoms with Gasteiger partial charge >= 0.3 is 0 Å². The summed E-state index contributed by atoms with van der Waals surface area (Å²) in [7, 11) is 1.81. The lowest BCUT2D eigenvalue weighted by Gasteiger charge is -2.11. The standard InChI is InChI=1S/C26H26FN5O/c1-18(2)26-28-14-15-32(26)17-19-4-11-23(12-5-19)30-24(33)13-8-21-16-29-31(3)25(21)20-6-9-22(27)10-7-20/h4-16,18H,17H2,1-3H3,(H,30,33). The zero-order chi connectivity index (χ0) is 23.4. The van der Waals surface area contributed by atoms with Gasteiger partial charge in [-0.25, -0.2) is 9.37 Å². The number of nitrogens with one attached hydrogen (secondary N) is 1. The van der Waals surface area contributed by atoms with E-state index in [0.29, 0.717) is 11.6 Å². The zero-order valence-electron chi connectivity index (χ0n) is 18.9. The van der Waals surface area contributed by atoms with Gasteiger partial charge < -0.3 is 9.88 Å². The molecule has 0 aliphatic rings. The summed E-state index contributed by atoms with van der Waals surface area (Å²) in [6.45, 7) is 4.98. The van der Waals surface area contributed by atoms with Crippen LogP contribution < -0.4 is 5.32 Å². The highest BCUT2D eigenvalue weighted by Crippen LogP contribution is 2.24. The first-order valence-corrected chi connectivity index (χ1v) is 10.8. The number of halogens is 1. The number of hydrogen-bond donors (Lipinski definition) is 1. The summed E-state index contributed by atoms with van der Waals surface area (Å²) < 4.78 is 17.1. The summed E-state index contributed by atoms with van der Waals surface area (Å²) in [5.74, 6) is 0.865. The van der Waals surface area contributed by atoms with E-state index in [2.05, 4.69) is 33.8 Å². The molecule has 33 heavy (non-hydrogen) atoms. The Morgan fingerprint density at radius 3 is 2.55 bits per heavy atom. The van der Waals surface area contributed by atoms with Crippen LogP contribution in [0.25, 0.3) is 17.3 Å². The lowest BCUT2D eigenvalue weighted by molar-refractivity contribution is -0.111. The Balaban J connectivity index is 1.41. The Labute approximate surface area is 192 Å². The van der Waals surface area contributed by atoms with Crippen molar-refractivity contribution in [3.05, 3.63) is 96.0 Å². The maximum atomic E-state index is 13.3. The molecule has 2 aromatic heterocycles. The highest BCUT2D eigenvalue weighted by molar-refractivity contribution is 6.02. The van der Waals surface area contributed by atoms with Gasteiger partial charge in [0.05, 0.1) is 11.9 Å². The van der Waals surface area contributed by atoms with Gasteiger partial charge in [-0.15, -0.1) is 0 Å². The van der Waals surface area contributed by atoms with Gasteiger partial charge in [-0.3, -0.25) is 9.48 Å². The van der Waals surface area contributed by atoms with Gasteiger partial charge in [-0.1, -0.05) is 26.0 Å². The topological polar surface area (TPSA) is 64.7 Å². The van der Waals surface area contributed by atoms with Gasteiger partial charge in [0.1, 0.15) is 11.6 Å². The second-order valence-electron chi connectivity index (χ2n) is 8.17. The second-order valence-corrected chi connectivity index (χ2v) is 8.17. The van der Waals surface area contributed by atoms with Gasteiger partial charge in [-0.05, 0) is 48.0 Å². The Bertz CT molecular complexity index is 1270. The molecule has 0 aliphatic heterocycles. The molecule has 0 radical (unpaired) electrons. The normalized spacial score (nSPS) is 11.4. The number of hydrogen-bond acceptors (Lipinski definition) is 3. The SMILES string of the molecule is CC(C)c1nccn1Cc1ccc(NC(=O)C=Cc2cnn(C)c2-c2ccc(F)cc2)cc1. The molecule has 6 nitrogen and oxygen atoms in total. The van der Waals surface area contributed by atoms with Crippen molar-refractivity contribution in [3.8, 4) is 11.3 Å². The fraction of sp³-hybridized carbons (Fsp3) is 0.192. The second kappa shape index (κ2) is 9.65. The number of aryl methyl sites for hydroxylation is 1. The van der Waals surface area contributed by atoms with E-state index < -0.39 is 0 Å². The fourth-order valence-electron chi connectivity index (χ4n) is 3.73. The van der Waals surface area contributed by atoms with Gasteiger partial charge in [0, 0.05) is 54.8 Å². The van der Waals surface area contributed by atoms with Gasteiger partial charge in [0.2, 0.25) is 5.91 Å². The first-order chi connectivity index (χ1) is 15.9. The lowest BCUT2D eigenvalue weighted by Crippen LogP contribution is -2.08. The van der Waals surface area contributed by atoms with Crippen LogP contribution in [0.3, 0.4) is 0 Å². The number of carbonyl (C=O) groups excluding carboxylic acids is 1. The number of imidazole rings is 1. The lowest BCUT2D eigenvalue weighted by atomic mass is 10.1. The average molecular weight is 444 g/mol. The largest absolute Gasteiger partial charge is 0.330 e. The molecule has 2 aromatic carbocycles. The molecule has 0 spiro atoms. The van der Waals surface area contributed by atoms with Crippen molar-refractivity contribution in [1.82, 2.24) is 19.3 Å². The third-order valence-corrected chi connectivity index (χ3v) is 5.34. The van der Waals surface area contributed by atoms with Crippen LogP contribution in [-0.2, 0) is 18.4 Å². The van der Waals surface area contributed by atoms with Crippen LogP contribution in [0.2, 0.25) is 0 Å². The molecule has 0 fully saturated rings. The van der Waals surface area contributed by atoms with Crippen LogP contribution in [0.1, 0.15) is 36.7 Å². The molecule has 7 heteroatoms. The van der Waals surface area contributed by atoms with Crippen LogP contribution in [0.5, 0.6) is 0 Å². The third kappa shape index (κ3) is 5.26. The van der Waals surface area contributed by atoms with E-state index in [1.807, 2.05) is 43.7 Å². The van der Waals surface area contributed by atoms with E-state index in [-0.39, 0.29) is 11.7 Å². The number of rotatable bonds is 7. The predicted molar refractivity (Wildman–Crippen MR) is 128 cm³/mol. The molecule has 0 unspecified atom stereocenters. The van der Waals surface area contributed by atoms with Crippen molar-refractivity contribution in [2.45, 2.75) is 26.3 Å². The maximum absolute atomic E-state index is 13.3. The summed E-state index contributed by atoms with van der Waals surface area (Å²) in [5.41, 5.74) is 4.25. The van der Waals surface area contributed by atoms with E-state index in [9.17, 15) is 9.18 Å². The molecule has 2 heterocycles. The smallest absolute Gasteiger partial charge is 0.248 e. The van der Waals surface area contributed by atoms with Crippen molar-refractivity contribution in [2.24, 2.45) is 7.05 Å². The van der Waals surface area contributed by atoms with Crippen LogP contribution in [0.4, 0.5) is 10.1 Å². The molecule has 4 aromatic rings. The number of nitrogens with zero attached hydrogens (tertiary/aromatic N) is 4. The summed E-state index contributed by atoms with van der Waals surface area (Å²) in [4.78, 5) is 16.9. The molecule has 0 saturated carbocycles. The van der Waals surface area contributed by atoms with Crippen molar-refractivity contribution >= 4 is 17.7 Å². The minimum atomic E-state index is -0.297. The van der Waals surface area contributed by atoms with Crippen molar-refractivity contribution in [1.29, 1.82) is 0 Å². The first-order valence-electron chi connectivity index (χ1n) is 10.8. The Morgan fingerprint density at radius 2 is 1.85 bits per heavy atom. The third-order valence-electron chi connectivity index (χ3n) is 5.34. The average Bonchev–Trinajstić information content (AvgIpc) is 3.41. The Morgan fingerprint density at radius 1 is 1.12 bits per heavy atom. The molecule has 0 atom stereocenters. The minimum Gasteiger partial charge on any atom is -0.330 e. The number of anilines is 1. The summed E-state index contributed by atoms with van der Waals surface area (Å²) in [6.07, 6.45) is 8.66. The maximum Gasteiger partial charge on any atom is 0.248 e. The van der Waals surface area contributed by atoms with Crippen molar-refractivity contribution < 1.29 is 9.18 Å². The fourth-order valence-corrected chi connectivity index (χ4v) is 3.73. The summed E-state index contributed by atoms with van der Waals surface area (Å²) in [6, 6.07) is 14.0. The van der Waals surface area contributed by atoms with E-state index in [0.717, 1.165) is 34.8 Å². The van der Waals surface area contributed by atoms with Crippen LogP contribution in [-0.4, -0.2) is 25.2 Å². The molecular formula is C26H26FN5O. The molecule has 1 N–H and O–H groups in total. The first kappa shape index (κ1) is 22.2. The predicted octanol–water partition coefficient (Wildman–Crippen LogP) is 5.25. The molecule has 168 valence electrons. The Hall–Kier alpha value is -4.00. The number of carbonyl (C=O) groups is 1. The Kier molecular flexibility index (Phi) is 6.49. The highest BCUT2D eigenvalue weighted by atomic mass is 19.1. The van der Waals surface area contributed by atoms with Gasteiger partial charge in [0.25, 0.3) is 0 Å². The number of aromatic nitrogens is 4. The van der Waals surface area contributed by atoms with Crippen molar-refractivity contribution in [3.63, 3.8) is 0 Å². The van der Waals surface area contributed by atoms with Gasteiger partial charge in [-0.2, -0.15) is 5.10 Å². The molecule has 0 bridgehead atoms. The number of benzene rings is 2. The van der Waals surface area contributed by atoms with Gasteiger partial charge in [0.15, 0.2) is 0 Å². The molecule has 0 aliphatic carbocycles. The molecule has 4 rings (SSSR count). The zero-order valence-corrected chi connectivity index (χ0v) is 18.9. The van der Waals surface area contributed by atoms with E-state index in [1.54, 1.807) is 29.1 Å². The summed E-state index contributed by atoms with van der Waals surface area (Å²) in [5, 5.41) is 7.15. The van der Waals surface area contributed by atoms with E-state index >= 15 is 0 Å². The molecule has 0 saturated heterocycles. The highest BCUT2D eigenvalue weighted by Gasteiger charge is 2.10. The van der Waals surface area contributed by atoms with Crippen LogP contribution >= 0.6 is 0 Å². The van der Waals surface area contributed by atoms with Crippen LogP contribution in [0.15, 0.2) is 73.2 Å². The molecule has 1 amide bonds. The van der Waals surface area contributed by atoms with Crippen LogP contribution in [0, 0.1) is 5.82 Å². The minimum absolute atomic E-state index is 0.242.